The van der Waals surface area contributed by atoms with E-state index in [0.717, 1.165) is 37.1 Å². The van der Waals surface area contributed by atoms with Gasteiger partial charge in [0.25, 0.3) is 5.91 Å². The molecule has 0 aliphatic rings. The van der Waals surface area contributed by atoms with Crippen LogP contribution in [0.5, 0.6) is 0 Å². The van der Waals surface area contributed by atoms with Crippen LogP contribution >= 0.6 is 0 Å². The molecule has 7 nitrogen and oxygen atoms in total. The number of aryl methyl sites for hydroxylation is 1. The van der Waals surface area contributed by atoms with Gasteiger partial charge in [0.2, 0.25) is 0 Å². The molecule has 1 aromatic heterocycles. The van der Waals surface area contributed by atoms with Crippen molar-refractivity contribution in [1.29, 1.82) is 0 Å². The average Bonchev–Trinajstić information content (AvgIpc) is 2.68. The molecule has 162 valence electrons. The van der Waals surface area contributed by atoms with Gasteiger partial charge in [-0.25, -0.2) is 9.78 Å². The van der Waals surface area contributed by atoms with E-state index in [9.17, 15) is 9.59 Å². The Morgan fingerprint density at radius 1 is 1.00 bits per heavy atom. The number of unbranched alkanes of at least 4 members (excludes halogenated alkanes) is 2. The molecule has 0 saturated carbocycles. The highest BCUT2D eigenvalue weighted by molar-refractivity contribution is 6.07. The van der Waals surface area contributed by atoms with E-state index in [2.05, 4.69) is 20.9 Å². The molecule has 0 aliphatic heterocycles. The minimum Gasteiger partial charge on any atom is -0.444 e. The Kier molecular flexibility index (Phi) is 8.65. The second kappa shape index (κ2) is 11.2. The highest BCUT2D eigenvalue weighted by Gasteiger charge is 2.15. The third kappa shape index (κ3) is 8.51. The van der Waals surface area contributed by atoms with Gasteiger partial charge >= 0.3 is 6.09 Å². The van der Waals surface area contributed by atoms with E-state index in [-0.39, 0.29) is 12.0 Å². The van der Waals surface area contributed by atoms with Gasteiger partial charge in [-0.3, -0.25) is 4.79 Å². The molecule has 0 radical (unpaired) electrons. The van der Waals surface area contributed by atoms with Gasteiger partial charge < -0.3 is 20.7 Å². The zero-order valence-corrected chi connectivity index (χ0v) is 18.2. The molecular weight excluding hydrogens is 380 g/mol. The summed E-state index contributed by atoms with van der Waals surface area (Å²) in [6.07, 6.45) is 4.07. The van der Waals surface area contributed by atoms with E-state index < -0.39 is 5.60 Å². The Morgan fingerprint density at radius 2 is 1.73 bits per heavy atom. The molecule has 3 N–H and O–H groups in total. The molecule has 2 amide bonds. The first-order valence-electron chi connectivity index (χ1n) is 10.3. The molecule has 30 heavy (non-hydrogen) atoms. The molecule has 0 saturated heterocycles. The van der Waals surface area contributed by atoms with Crippen molar-refractivity contribution in [3.05, 3.63) is 53.7 Å². The summed E-state index contributed by atoms with van der Waals surface area (Å²) in [6, 6.07) is 11.1. The molecule has 0 fully saturated rings. The smallest absolute Gasteiger partial charge is 0.407 e. The number of rotatable bonds is 9. The van der Waals surface area contributed by atoms with Crippen molar-refractivity contribution in [3.8, 4) is 0 Å². The van der Waals surface area contributed by atoms with E-state index in [0.29, 0.717) is 17.9 Å². The molecule has 0 spiro atoms. The Labute approximate surface area is 178 Å². The Hall–Kier alpha value is -3.09. The summed E-state index contributed by atoms with van der Waals surface area (Å²) in [5.41, 5.74) is 1.92. The SMILES string of the molecule is Cc1ccc(NC(=O)c2ccccc2NCCCCCNC(=O)OC(C)(C)C)nc1. The van der Waals surface area contributed by atoms with Gasteiger partial charge in [0.1, 0.15) is 11.4 Å². The van der Waals surface area contributed by atoms with Crippen LogP contribution in [0.1, 0.15) is 56.0 Å². The maximum atomic E-state index is 12.6. The van der Waals surface area contributed by atoms with Crippen molar-refractivity contribution >= 4 is 23.5 Å². The van der Waals surface area contributed by atoms with Crippen LogP contribution in [-0.2, 0) is 4.74 Å². The zero-order valence-electron chi connectivity index (χ0n) is 18.2. The third-order valence-electron chi connectivity index (χ3n) is 4.16. The van der Waals surface area contributed by atoms with E-state index in [1.807, 2.05) is 52.0 Å². The van der Waals surface area contributed by atoms with Gasteiger partial charge in [0.15, 0.2) is 0 Å². The predicted molar refractivity (Wildman–Crippen MR) is 120 cm³/mol. The van der Waals surface area contributed by atoms with Crippen LogP contribution < -0.4 is 16.0 Å². The van der Waals surface area contributed by atoms with Crippen LogP contribution in [0, 0.1) is 6.92 Å². The van der Waals surface area contributed by atoms with Gasteiger partial charge in [-0.2, -0.15) is 0 Å². The van der Waals surface area contributed by atoms with Crippen molar-refractivity contribution in [2.75, 3.05) is 23.7 Å². The number of hydrogen-bond acceptors (Lipinski definition) is 5. The van der Waals surface area contributed by atoms with Gasteiger partial charge in [0.05, 0.1) is 5.56 Å². The predicted octanol–water partition coefficient (Wildman–Crippen LogP) is 4.75. The first kappa shape index (κ1) is 23.2. The number of nitrogens with one attached hydrogen (secondary N) is 3. The minimum absolute atomic E-state index is 0.198. The van der Waals surface area contributed by atoms with E-state index in [4.69, 9.17) is 4.74 Å². The molecule has 0 unspecified atom stereocenters. The third-order valence-corrected chi connectivity index (χ3v) is 4.16. The maximum Gasteiger partial charge on any atom is 0.407 e. The van der Waals surface area contributed by atoms with Crippen molar-refractivity contribution in [2.24, 2.45) is 0 Å². The number of nitrogens with zero attached hydrogens (tertiary/aromatic N) is 1. The van der Waals surface area contributed by atoms with Crippen molar-refractivity contribution < 1.29 is 14.3 Å². The first-order valence-corrected chi connectivity index (χ1v) is 10.3. The molecule has 0 aliphatic carbocycles. The summed E-state index contributed by atoms with van der Waals surface area (Å²) in [4.78, 5) is 28.4. The fraction of sp³-hybridized carbons (Fsp3) is 0.435. The van der Waals surface area contributed by atoms with E-state index >= 15 is 0 Å². The number of amides is 2. The van der Waals surface area contributed by atoms with Crippen molar-refractivity contribution in [1.82, 2.24) is 10.3 Å². The number of carbonyl (C=O) groups excluding carboxylic acids is 2. The Balaban J connectivity index is 1.73. The van der Waals surface area contributed by atoms with Gasteiger partial charge in [-0.15, -0.1) is 0 Å². The van der Waals surface area contributed by atoms with Crippen LogP contribution in [0.4, 0.5) is 16.3 Å². The highest BCUT2D eigenvalue weighted by Crippen LogP contribution is 2.17. The minimum atomic E-state index is -0.483. The normalized spacial score (nSPS) is 10.9. The van der Waals surface area contributed by atoms with Gasteiger partial charge in [0, 0.05) is 25.0 Å². The quantitative estimate of drug-likeness (QED) is 0.517. The van der Waals surface area contributed by atoms with Crippen LogP contribution in [0.3, 0.4) is 0 Å². The number of para-hydroxylation sites is 1. The van der Waals surface area contributed by atoms with Crippen LogP contribution in [0.25, 0.3) is 0 Å². The lowest BCUT2D eigenvalue weighted by molar-refractivity contribution is 0.0527. The topological polar surface area (TPSA) is 92.4 Å². The van der Waals surface area contributed by atoms with Gasteiger partial charge in [-0.05, 0) is 70.7 Å². The van der Waals surface area contributed by atoms with Crippen molar-refractivity contribution in [3.63, 3.8) is 0 Å². The van der Waals surface area contributed by atoms with Crippen LogP contribution in [-0.4, -0.2) is 35.7 Å². The van der Waals surface area contributed by atoms with Crippen molar-refractivity contribution in [2.45, 2.75) is 52.6 Å². The fourth-order valence-corrected chi connectivity index (χ4v) is 2.72. The number of pyridine rings is 1. The number of hydrogen-bond donors (Lipinski definition) is 3. The number of anilines is 2. The lowest BCUT2D eigenvalue weighted by Gasteiger charge is -2.19. The maximum absolute atomic E-state index is 12.6. The largest absolute Gasteiger partial charge is 0.444 e. The number of aromatic nitrogens is 1. The molecule has 2 aromatic rings. The summed E-state index contributed by atoms with van der Waals surface area (Å²) >= 11 is 0. The Bertz CT molecular complexity index is 829. The standard InChI is InChI=1S/C23H32N4O3/c1-17-12-13-20(26-16-17)27-21(28)18-10-6-7-11-19(18)24-14-8-5-9-15-25-22(29)30-23(2,3)4/h6-7,10-13,16,24H,5,8-9,14-15H2,1-4H3,(H,25,29)(H,26,27,28). The highest BCUT2D eigenvalue weighted by atomic mass is 16.6. The monoisotopic (exact) mass is 412 g/mol. The van der Waals surface area contributed by atoms with Crippen LogP contribution in [0.2, 0.25) is 0 Å². The molecule has 1 aromatic carbocycles. The molecule has 7 heteroatoms. The lowest BCUT2D eigenvalue weighted by Crippen LogP contribution is -2.33. The number of benzene rings is 1. The molecule has 1 heterocycles. The second-order valence-corrected chi connectivity index (χ2v) is 8.14. The molecule has 0 bridgehead atoms. The van der Waals surface area contributed by atoms with E-state index in [1.165, 1.54) is 0 Å². The molecule has 0 atom stereocenters. The molecular formula is C23H32N4O3. The van der Waals surface area contributed by atoms with Crippen LogP contribution in [0.15, 0.2) is 42.6 Å². The number of ether oxygens (including phenoxy) is 1. The Morgan fingerprint density at radius 3 is 2.43 bits per heavy atom. The van der Waals surface area contributed by atoms with Gasteiger partial charge in [-0.1, -0.05) is 18.2 Å². The number of alkyl carbamates (subject to hydrolysis) is 1. The molecule has 2 rings (SSSR count). The average molecular weight is 413 g/mol. The first-order chi connectivity index (χ1) is 14.2. The summed E-state index contributed by atoms with van der Waals surface area (Å²) in [5.74, 6) is 0.328. The lowest BCUT2D eigenvalue weighted by atomic mass is 10.1. The second-order valence-electron chi connectivity index (χ2n) is 8.14. The number of carbonyl (C=O) groups is 2. The summed E-state index contributed by atoms with van der Waals surface area (Å²) in [7, 11) is 0. The zero-order chi connectivity index (χ0) is 22.0. The summed E-state index contributed by atoms with van der Waals surface area (Å²) < 4.78 is 5.20. The van der Waals surface area contributed by atoms with E-state index in [1.54, 1.807) is 18.3 Å². The summed E-state index contributed by atoms with van der Waals surface area (Å²) in [6.45, 7) is 8.79. The fourth-order valence-electron chi connectivity index (χ4n) is 2.72. The summed E-state index contributed by atoms with van der Waals surface area (Å²) in [5, 5.41) is 8.91.